The zero-order valence-corrected chi connectivity index (χ0v) is 12.8. The maximum atomic E-state index is 12.3. The third-order valence-corrected chi connectivity index (χ3v) is 4.86. The summed E-state index contributed by atoms with van der Waals surface area (Å²) in [5, 5.41) is 9.18. The molecule has 1 atom stereocenters. The Labute approximate surface area is 125 Å². The topological polar surface area (TPSA) is 91.8 Å². The van der Waals surface area contributed by atoms with E-state index in [4.69, 9.17) is 4.74 Å². The molecule has 0 radical (unpaired) electrons. The van der Waals surface area contributed by atoms with Crippen molar-refractivity contribution < 1.29 is 18.3 Å². The Hall–Kier alpha value is -1.38. The SMILES string of the molecule is CCOc1ccc(NS(=O)(=O)N2CCCC(CO)C2)cn1. The number of aliphatic hydroxyl groups is 1. The van der Waals surface area contributed by atoms with Gasteiger partial charge in [-0.1, -0.05) is 0 Å². The van der Waals surface area contributed by atoms with Gasteiger partial charge in [-0.25, -0.2) is 4.98 Å². The van der Waals surface area contributed by atoms with E-state index in [1.165, 1.54) is 10.5 Å². The highest BCUT2D eigenvalue weighted by Gasteiger charge is 2.28. The highest BCUT2D eigenvalue weighted by Crippen LogP contribution is 2.20. The molecule has 118 valence electrons. The fourth-order valence-electron chi connectivity index (χ4n) is 2.28. The number of ether oxygens (including phenoxy) is 1. The number of anilines is 1. The summed E-state index contributed by atoms with van der Waals surface area (Å²) in [5.41, 5.74) is 0.393. The fourth-order valence-corrected chi connectivity index (χ4v) is 3.61. The molecule has 7 nitrogen and oxygen atoms in total. The first-order chi connectivity index (χ1) is 10.0. The second-order valence-electron chi connectivity index (χ2n) is 4.97. The zero-order valence-electron chi connectivity index (χ0n) is 12.0. The molecule has 8 heteroatoms. The normalized spacial score (nSPS) is 20.2. The van der Waals surface area contributed by atoms with Gasteiger partial charge in [-0.05, 0) is 31.7 Å². The van der Waals surface area contributed by atoms with Gasteiger partial charge in [0.05, 0.1) is 18.5 Å². The van der Waals surface area contributed by atoms with E-state index in [1.54, 1.807) is 12.1 Å². The van der Waals surface area contributed by atoms with Gasteiger partial charge in [-0.2, -0.15) is 12.7 Å². The van der Waals surface area contributed by atoms with Crippen LogP contribution in [-0.2, 0) is 10.2 Å². The number of nitrogens with one attached hydrogen (secondary N) is 1. The van der Waals surface area contributed by atoms with Gasteiger partial charge in [-0.15, -0.1) is 0 Å². The molecule has 1 aromatic heterocycles. The second-order valence-corrected chi connectivity index (χ2v) is 6.64. The lowest BCUT2D eigenvalue weighted by molar-refractivity contribution is 0.166. The van der Waals surface area contributed by atoms with Crippen molar-refractivity contribution in [3.63, 3.8) is 0 Å². The minimum absolute atomic E-state index is 0.00813. The number of nitrogens with zero attached hydrogens (tertiary/aromatic N) is 2. The fraction of sp³-hybridized carbons (Fsp3) is 0.615. The number of aliphatic hydroxyl groups excluding tert-OH is 1. The number of rotatable bonds is 6. The van der Waals surface area contributed by atoms with E-state index in [-0.39, 0.29) is 12.5 Å². The predicted molar refractivity (Wildman–Crippen MR) is 79.3 cm³/mol. The highest BCUT2D eigenvalue weighted by molar-refractivity contribution is 7.90. The van der Waals surface area contributed by atoms with Gasteiger partial charge in [0.2, 0.25) is 5.88 Å². The molecule has 0 spiro atoms. The maximum Gasteiger partial charge on any atom is 0.301 e. The molecule has 1 unspecified atom stereocenters. The summed E-state index contributed by atoms with van der Waals surface area (Å²) >= 11 is 0. The zero-order chi connectivity index (χ0) is 15.3. The molecule has 1 fully saturated rings. The molecule has 21 heavy (non-hydrogen) atoms. The van der Waals surface area contributed by atoms with Crippen molar-refractivity contribution in [2.24, 2.45) is 5.92 Å². The molecule has 0 bridgehead atoms. The van der Waals surface area contributed by atoms with E-state index in [2.05, 4.69) is 9.71 Å². The molecular formula is C13H21N3O4S. The third kappa shape index (κ3) is 4.29. The van der Waals surface area contributed by atoms with E-state index in [1.807, 2.05) is 6.92 Å². The first kappa shape index (κ1) is 16.0. The molecule has 1 aliphatic rings. The average Bonchev–Trinajstić information content (AvgIpc) is 2.49. The third-order valence-electron chi connectivity index (χ3n) is 3.36. The molecule has 1 aliphatic heterocycles. The Bertz CT molecular complexity index is 547. The lowest BCUT2D eigenvalue weighted by Crippen LogP contribution is -2.43. The molecule has 0 amide bonds. The summed E-state index contributed by atoms with van der Waals surface area (Å²) in [6.45, 7) is 3.18. The number of piperidine rings is 1. The minimum Gasteiger partial charge on any atom is -0.478 e. The van der Waals surface area contributed by atoms with E-state index in [0.717, 1.165) is 12.8 Å². The van der Waals surface area contributed by atoms with Crippen LogP contribution in [-0.4, -0.2) is 49.1 Å². The Morgan fingerprint density at radius 2 is 2.33 bits per heavy atom. The average molecular weight is 315 g/mol. The van der Waals surface area contributed by atoms with Crippen LogP contribution in [0.2, 0.25) is 0 Å². The predicted octanol–water partition coefficient (Wildman–Crippen LogP) is 0.841. The van der Waals surface area contributed by atoms with Crippen LogP contribution in [0.3, 0.4) is 0 Å². The smallest absolute Gasteiger partial charge is 0.301 e. The quantitative estimate of drug-likeness (QED) is 0.811. The van der Waals surface area contributed by atoms with Gasteiger partial charge in [-0.3, -0.25) is 4.72 Å². The van der Waals surface area contributed by atoms with Crippen LogP contribution in [0.25, 0.3) is 0 Å². The van der Waals surface area contributed by atoms with E-state index < -0.39 is 10.2 Å². The van der Waals surface area contributed by atoms with Crippen LogP contribution in [0.1, 0.15) is 19.8 Å². The standard InChI is InChI=1S/C13H21N3O4S/c1-2-20-13-6-5-12(8-14-13)15-21(18,19)16-7-3-4-11(9-16)10-17/h5-6,8,11,15,17H,2-4,7,9-10H2,1H3. The van der Waals surface area contributed by atoms with Gasteiger partial charge in [0, 0.05) is 25.8 Å². The van der Waals surface area contributed by atoms with Crippen molar-refractivity contribution in [1.29, 1.82) is 0 Å². The summed E-state index contributed by atoms with van der Waals surface area (Å²) in [7, 11) is -3.61. The van der Waals surface area contributed by atoms with Gasteiger partial charge in [0.1, 0.15) is 0 Å². The van der Waals surface area contributed by atoms with Crippen molar-refractivity contribution in [1.82, 2.24) is 9.29 Å². The highest BCUT2D eigenvalue weighted by atomic mass is 32.2. The Balaban J connectivity index is 2.02. The van der Waals surface area contributed by atoms with Crippen molar-refractivity contribution >= 4 is 15.9 Å². The summed E-state index contributed by atoms with van der Waals surface area (Å²) in [5.74, 6) is 0.465. The first-order valence-electron chi connectivity index (χ1n) is 7.02. The summed E-state index contributed by atoms with van der Waals surface area (Å²) in [6.07, 6.45) is 3.04. The lowest BCUT2D eigenvalue weighted by Gasteiger charge is -2.30. The van der Waals surface area contributed by atoms with Crippen LogP contribution in [0, 0.1) is 5.92 Å². The number of pyridine rings is 1. The molecule has 1 saturated heterocycles. The van der Waals surface area contributed by atoms with Crippen LogP contribution in [0.4, 0.5) is 5.69 Å². The van der Waals surface area contributed by atoms with Gasteiger partial charge in [0.25, 0.3) is 0 Å². The van der Waals surface area contributed by atoms with Crippen LogP contribution in [0.5, 0.6) is 5.88 Å². The minimum atomic E-state index is -3.61. The molecular weight excluding hydrogens is 294 g/mol. The van der Waals surface area contributed by atoms with Crippen molar-refractivity contribution in [2.45, 2.75) is 19.8 Å². The van der Waals surface area contributed by atoms with Gasteiger partial charge < -0.3 is 9.84 Å². The molecule has 0 aromatic carbocycles. The summed E-state index contributed by atoms with van der Waals surface area (Å²) in [4.78, 5) is 4.02. The maximum absolute atomic E-state index is 12.3. The molecule has 1 aromatic rings. The largest absolute Gasteiger partial charge is 0.478 e. The van der Waals surface area contributed by atoms with E-state index in [0.29, 0.717) is 31.3 Å². The Morgan fingerprint density at radius 3 is 2.95 bits per heavy atom. The van der Waals surface area contributed by atoms with E-state index in [9.17, 15) is 13.5 Å². The summed E-state index contributed by atoms with van der Waals surface area (Å²) in [6, 6.07) is 3.23. The number of hydrogen-bond acceptors (Lipinski definition) is 5. The molecule has 0 aliphatic carbocycles. The van der Waals surface area contributed by atoms with Crippen molar-refractivity contribution in [3.05, 3.63) is 18.3 Å². The Morgan fingerprint density at radius 1 is 1.52 bits per heavy atom. The van der Waals surface area contributed by atoms with Crippen molar-refractivity contribution in [3.8, 4) is 5.88 Å². The van der Waals surface area contributed by atoms with E-state index >= 15 is 0 Å². The van der Waals surface area contributed by atoms with Crippen LogP contribution in [0.15, 0.2) is 18.3 Å². The lowest BCUT2D eigenvalue weighted by atomic mass is 10.0. The molecule has 2 heterocycles. The second kappa shape index (κ2) is 7.06. The van der Waals surface area contributed by atoms with Crippen LogP contribution < -0.4 is 9.46 Å². The number of hydrogen-bond donors (Lipinski definition) is 2. The molecule has 2 rings (SSSR count). The number of aromatic nitrogens is 1. The first-order valence-corrected chi connectivity index (χ1v) is 8.46. The Kier molecular flexibility index (Phi) is 5.38. The molecule has 0 saturated carbocycles. The monoisotopic (exact) mass is 315 g/mol. The van der Waals surface area contributed by atoms with Crippen LogP contribution >= 0.6 is 0 Å². The van der Waals surface area contributed by atoms with Crippen molar-refractivity contribution in [2.75, 3.05) is 31.0 Å². The van der Waals surface area contributed by atoms with Gasteiger partial charge in [0.15, 0.2) is 0 Å². The van der Waals surface area contributed by atoms with Gasteiger partial charge >= 0.3 is 10.2 Å². The summed E-state index contributed by atoms with van der Waals surface area (Å²) < 4.78 is 33.7. The molecule has 2 N–H and O–H groups in total.